The van der Waals surface area contributed by atoms with Crippen molar-refractivity contribution in [3.05, 3.63) is 101 Å². The van der Waals surface area contributed by atoms with E-state index in [0.29, 0.717) is 22.1 Å². The summed E-state index contributed by atoms with van der Waals surface area (Å²) in [7, 11) is 0. The first-order chi connectivity index (χ1) is 17.7. The smallest absolute Gasteiger partial charge is 0.185 e. The molecule has 0 unspecified atom stereocenters. The van der Waals surface area contributed by atoms with Gasteiger partial charge in [-0.25, -0.2) is 0 Å². The van der Waals surface area contributed by atoms with Gasteiger partial charge in [0.1, 0.15) is 0 Å². The van der Waals surface area contributed by atoms with Gasteiger partial charge in [0.15, 0.2) is 17.3 Å². The molecule has 1 fully saturated rings. The first kappa shape index (κ1) is 23.1. The Balaban J connectivity index is 1.91. The number of allylic oxidation sites excluding steroid dienone is 4. The number of Topliss-reactive ketones (excluding diaryl/α,β-unsaturated/α-hetero) is 2. The summed E-state index contributed by atoms with van der Waals surface area (Å²) in [6.07, 6.45) is 3.40. The van der Waals surface area contributed by atoms with E-state index in [1.54, 1.807) is 13.0 Å². The lowest BCUT2D eigenvalue weighted by molar-refractivity contribution is 0.101. The molecule has 0 aromatic heterocycles. The molecule has 0 atom stereocenters. The predicted molar refractivity (Wildman–Crippen MR) is 153 cm³/mol. The Morgan fingerprint density at radius 1 is 0.622 bits per heavy atom. The summed E-state index contributed by atoms with van der Waals surface area (Å²) in [6.45, 7) is 13.1. The average Bonchev–Trinajstić information content (AvgIpc) is 3.71. The van der Waals surface area contributed by atoms with Crippen LogP contribution in [0.25, 0.3) is 48.7 Å². The summed E-state index contributed by atoms with van der Waals surface area (Å²) in [5.74, 6) is -0.296. The largest absolute Gasteiger partial charge is 0.294 e. The van der Waals surface area contributed by atoms with Gasteiger partial charge in [-0.2, -0.15) is 0 Å². The van der Waals surface area contributed by atoms with Crippen LogP contribution in [0, 0.1) is 0 Å². The zero-order chi connectivity index (χ0) is 26.2. The summed E-state index contributed by atoms with van der Waals surface area (Å²) in [5, 5.41) is 7.41. The molecule has 0 radical (unpaired) electrons. The van der Waals surface area contributed by atoms with Crippen LogP contribution >= 0.6 is 0 Å². The van der Waals surface area contributed by atoms with Gasteiger partial charge in [-0.3, -0.25) is 14.4 Å². The molecular formula is C34H26O3. The maximum absolute atomic E-state index is 12.9. The van der Waals surface area contributed by atoms with E-state index in [4.69, 9.17) is 0 Å². The van der Waals surface area contributed by atoms with Crippen molar-refractivity contribution in [2.24, 2.45) is 0 Å². The van der Waals surface area contributed by atoms with Crippen LogP contribution in [-0.4, -0.2) is 17.3 Å². The first-order valence-corrected chi connectivity index (χ1v) is 12.5. The minimum absolute atomic E-state index is 0.0154. The van der Waals surface area contributed by atoms with E-state index in [9.17, 15) is 14.4 Å². The highest BCUT2D eigenvalue weighted by Gasteiger charge is 2.26. The third kappa shape index (κ3) is 3.24. The zero-order valence-electron chi connectivity index (χ0n) is 21.2. The van der Waals surface area contributed by atoms with Crippen LogP contribution in [0.5, 0.6) is 0 Å². The number of hydrogen-bond acceptors (Lipinski definition) is 3. The molecular weight excluding hydrogens is 456 g/mol. The summed E-state index contributed by atoms with van der Waals surface area (Å²) in [6, 6.07) is 15.7. The van der Waals surface area contributed by atoms with Crippen LogP contribution in [0.15, 0.2) is 78.9 Å². The van der Waals surface area contributed by atoms with Crippen LogP contribution in [0.1, 0.15) is 70.3 Å². The Kier molecular flexibility index (Phi) is 5.03. The molecule has 5 aromatic carbocycles. The minimum atomic E-state index is -0.216. The fourth-order valence-electron chi connectivity index (χ4n) is 6.03. The number of ketones is 3. The van der Waals surface area contributed by atoms with Gasteiger partial charge in [0.25, 0.3) is 0 Å². The first-order valence-electron chi connectivity index (χ1n) is 12.5. The van der Waals surface area contributed by atoms with Gasteiger partial charge in [-0.05, 0) is 89.2 Å². The average molecular weight is 483 g/mol. The molecule has 180 valence electrons. The molecule has 6 rings (SSSR count). The van der Waals surface area contributed by atoms with Crippen LogP contribution < -0.4 is 0 Å². The van der Waals surface area contributed by atoms with Crippen molar-refractivity contribution >= 4 is 66.0 Å². The highest BCUT2D eigenvalue weighted by Crippen LogP contribution is 2.48. The molecule has 0 spiro atoms. The van der Waals surface area contributed by atoms with Crippen LogP contribution in [-0.2, 0) is 0 Å². The van der Waals surface area contributed by atoms with Crippen LogP contribution in [0.3, 0.4) is 0 Å². The van der Waals surface area contributed by atoms with Gasteiger partial charge in [0, 0.05) is 27.5 Å². The van der Waals surface area contributed by atoms with Crippen molar-refractivity contribution in [3.8, 4) is 0 Å². The number of fused-ring (bicyclic) bond motifs is 2. The Morgan fingerprint density at radius 3 is 1.41 bits per heavy atom. The van der Waals surface area contributed by atoms with Crippen molar-refractivity contribution in [2.45, 2.75) is 33.6 Å². The quantitative estimate of drug-likeness (QED) is 0.105. The van der Waals surface area contributed by atoms with Gasteiger partial charge in [-0.1, -0.05) is 66.8 Å². The molecule has 0 amide bonds. The van der Waals surface area contributed by atoms with Gasteiger partial charge >= 0.3 is 0 Å². The molecule has 0 aliphatic heterocycles. The molecule has 0 N–H and O–H groups in total. The van der Waals surface area contributed by atoms with Crippen molar-refractivity contribution in [2.75, 3.05) is 0 Å². The number of benzene rings is 5. The van der Waals surface area contributed by atoms with Crippen LogP contribution in [0.2, 0.25) is 0 Å². The number of hydrogen-bond donors (Lipinski definition) is 0. The van der Waals surface area contributed by atoms with Crippen molar-refractivity contribution in [1.29, 1.82) is 0 Å². The van der Waals surface area contributed by atoms with Gasteiger partial charge in [-0.15, -0.1) is 0 Å². The number of carbonyl (C=O) groups excluding carboxylic acids is 3. The predicted octanol–water partition coefficient (Wildman–Crippen LogP) is 8.63. The Morgan fingerprint density at radius 2 is 1.03 bits per heavy atom. The van der Waals surface area contributed by atoms with E-state index in [2.05, 4.69) is 25.3 Å². The Labute approximate surface area is 215 Å². The Bertz CT molecular complexity index is 1900. The van der Waals surface area contributed by atoms with E-state index >= 15 is 0 Å². The normalized spacial score (nSPS) is 13.0. The summed E-state index contributed by atoms with van der Waals surface area (Å²) < 4.78 is 0. The molecule has 0 heterocycles. The zero-order valence-corrected chi connectivity index (χ0v) is 21.2. The molecule has 37 heavy (non-hydrogen) atoms. The van der Waals surface area contributed by atoms with E-state index in [1.165, 1.54) is 18.6 Å². The van der Waals surface area contributed by atoms with Crippen molar-refractivity contribution in [3.63, 3.8) is 0 Å². The topological polar surface area (TPSA) is 51.2 Å². The lowest BCUT2D eigenvalue weighted by atomic mass is 9.81. The maximum atomic E-state index is 12.9. The van der Waals surface area contributed by atoms with E-state index in [-0.39, 0.29) is 17.3 Å². The Hall–Kier alpha value is -4.37. The van der Waals surface area contributed by atoms with E-state index in [0.717, 1.165) is 67.3 Å². The molecule has 1 saturated carbocycles. The maximum Gasteiger partial charge on any atom is 0.185 e. The van der Waals surface area contributed by atoms with E-state index in [1.807, 2.05) is 37.3 Å². The molecule has 5 aromatic rings. The molecule has 0 bridgehead atoms. The molecule has 1 aliphatic rings. The SMILES string of the molecule is C=CC(=O)c1ccc2c3ccc(C(C)=O)c4c(C(C(=C)C)=C5CC5)ccc(c5ccc(C(C)=O)c1c25)c43. The fourth-order valence-corrected chi connectivity index (χ4v) is 6.03. The van der Waals surface area contributed by atoms with Crippen LogP contribution in [0.4, 0.5) is 0 Å². The van der Waals surface area contributed by atoms with Crippen molar-refractivity contribution in [1.82, 2.24) is 0 Å². The second-order valence-corrected chi connectivity index (χ2v) is 10.1. The van der Waals surface area contributed by atoms with E-state index < -0.39 is 0 Å². The summed E-state index contributed by atoms with van der Waals surface area (Å²) in [4.78, 5) is 38.4. The molecule has 1 aliphatic carbocycles. The standard InChI is InChI=1S/C34H26O3/c1-6-29(37)27-15-13-25-24-12-10-22(19(5)36)32-28(30(17(2)3)20-7-8-20)16-14-26(34(24)32)23-11-9-21(18(4)35)31(27)33(23)25/h6,9-16H,1-2,7-8H2,3-5H3. The summed E-state index contributed by atoms with van der Waals surface area (Å²) in [5.41, 5.74) is 6.25. The second kappa shape index (κ2) is 8.07. The lowest BCUT2D eigenvalue weighted by Crippen LogP contribution is -2.04. The molecule has 3 nitrogen and oxygen atoms in total. The van der Waals surface area contributed by atoms with Crippen molar-refractivity contribution < 1.29 is 14.4 Å². The monoisotopic (exact) mass is 482 g/mol. The second-order valence-electron chi connectivity index (χ2n) is 10.1. The molecule has 0 saturated heterocycles. The highest BCUT2D eigenvalue weighted by molar-refractivity contribution is 6.38. The third-order valence-corrected chi connectivity index (χ3v) is 7.66. The lowest BCUT2D eigenvalue weighted by Gasteiger charge is -2.21. The minimum Gasteiger partial charge on any atom is -0.294 e. The highest BCUT2D eigenvalue weighted by atomic mass is 16.1. The van der Waals surface area contributed by atoms with Gasteiger partial charge in [0.05, 0.1) is 0 Å². The third-order valence-electron chi connectivity index (χ3n) is 7.66. The van der Waals surface area contributed by atoms with Gasteiger partial charge < -0.3 is 0 Å². The number of carbonyl (C=O) groups is 3. The number of rotatable bonds is 6. The summed E-state index contributed by atoms with van der Waals surface area (Å²) >= 11 is 0. The van der Waals surface area contributed by atoms with Gasteiger partial charge in [0.2, 0.25) is 0 Å². The fraction of sp³-hybridized carbons (Fsp3) is 0.147. The molecule has 3 heteroatoms.